The number of aliphatic hydroxyl groups is 1. The van der Waals surface area contributed by atoms with Crippen molar-refractivity contribution in [3.05, 3.63) is 36.2 Å². The van der Waals surface area contributed by atoms with E-state index in [4.69, 9.17) is 9.84 Å². The lowest BCUT2D eigenvalue weighted by Crippen LogP contribution is -2.00. The van der Waals surface area contributed by atoms with Crippen LogP contribution in [0, 0.1) is 13.8 Å². The lowest BCUT2D eigenvalue weighted by Gasteiger charge is -2.11. The minimum Gasteiger partial charge on any atom is -0.496 e. The Morgan fingerprint density at radius 3 is 2.69 bits per heavy atom. The third kappa shape index (κ3) is 2.22. The molecule has 1 unspecified atom stereocenters. The van der Waals surface area contributed by atoms with Gasteiger partial charge in [-0.1, -0.05) is 12.1 Å². The Bertz CT molecular complexity index is 281. The number of benzene rings is 1. The van der Waals surface area contributed by atoms with Gasteiger partial charge < -0.3 is 9.84 Å². The summed E-state index contributed by atoms with van der Waals surface area (Å²) in [6, 6.07) is 5.82. The zero-order chi connectivity index (χ0) is 9.84. The van der Waals surface area contributed by atoms with Crippen LogP contribution in [0.1, 0.15) is 17.0 Å². The fourth-order valence-corrected chi connectivity index (χ4v) is 1.26. The number of aryl methyl sites for hydroxylation is 1. The normalized spacial score (nSPS) is 12.6. The van der Waals surface area contributed by atoms with Crippen molar-refractivity contribution in [1.82, 2.24) is 0 Å². The minimum absolute atomic E-state index is 0.0513. The average molecular weight is 179 g/mol. The van der Waals surface area contributed by atoms with Crippen LogP contribution in [-0.2, 0) is 0 Å². The predicted molar refractivity (Wildman–Crippen MR) is 52.9 cm³/mol. The molecule has 0 aliphatic heterocycles. The maximum Gasteiger partial charge on any atom is 0.121 e. The van der Waals surface area contributed by atoms with E-state index in [0.717, 1.165) is 16.9 Å². The zero-order valence-corrected chi connectivity index (χ0v) is 8.08. The number of methoxy groups -OCH3 is 1. The summed E-state index contributed by atoms with van der Waals surface area (Å²) in [6.07, 6.45) is 0. The van der Waals surface area contributed by atoms with Gasteiger partial charge in [-0.05, 0) is 31.0 Å². The van der Waals surface area contributed by atoms with Gasteiger partial charge in [0.2, 0.25) is 0 Å². The summed E-state index contributed by atoms with van der Waals surface area (Å²) in [5.74, 6) is 0.818. The maximum atomic E-state index is 8.91. The van der Waals surface area contributed by atoms with Crippen LogP contribution in [-0.4, -0.2) is 18.8 Å². The first-order valence-electron chi connectivity index (χ1n) is 4.27. The molecule has 0 fully saturated rings. The van der Waals surface area contributed by atoms with Gasteiger partial charge in [-0.15, -0.1) is 0 Å². The molecule has 1 radical (unpaired) electrons. The molecule has 0 aliphatic carbocycles. The van der Waals surface area contributed by atoms with Crippen molar-refractivity contribution in [2.45, 2.75) is 12.8 Å². The predicted octanol–water partition coefficient (Wildman–Crippen LogP) is 1.91. The largest absolute Gasteiger partial charge is 0.496 e. The van der Waals surface area contributed by atoms with Gasteiger partial charge >= 0.3 is 0 Å². The van der Waals surface area contributed by atoms with Gasteiger partial charge in [-0.25, -0.2) is 0 Å². The second-order valence-corrected chi connectivity index (χ2v) is 3.11. The van der Waals surface area contributed by atoms with Crippen molar-refractivity contribution in [3.8, 4) is 5.75 Å². The maximum absolute atomic E-state index is 8.91. The number of hydrogen-bond acceptors (Lipinski definition) is 2. The standard InChI is InChI=1S/C11H15O2/c1-8-6-10(9(2)7-12)4-5-11(8)13-3/h4-6,9,12H,2,7H2,1,3H3. The lowest BCUT2D eigenvalue weighted by molar-refractivity contribution is 0.282. The van der Waals surface area contributed by atoms with Crippen LogP contribution in [0.2, 0.25) is 0 Å². The summed E-state index contributed by atoms with van der Waals surface area (Å²) in [4.78, 5) is 0. The van der Waals surface area contributed by atoms with E-state index in [2.05, 4.69) is 6.92 Å². The molecule has 2 nitrogen and oxygen atoms in total. The van der Waals surface area contributed by atoms with Crippen LogP contribution in [0.15, 0.2) is 18.2 Å². The molecule has 0 heterocycles. The molecule has 1 N–H and O–H groups in total. The van der Waals surface area contributed by atoms with Crippen LogP contribution in [0.3, 0.4) is 0 Å². The molecule has 0 saturated carbocycles. The van der Waals surface area contributed by atoms with Gasteiger partial charge in [0.15, 0.2) is 0 Å². The summed E-state index contributed by atoms with van der Waals surface area (Å²) >= 11 is 0. The van der Waals surface area contributed by atoms with Gasteiger partial charge in [0, 0.05) is 12.5 Å². The van der Waals surface area contributed by atoms with Gasteiger partial charge in [0.1, 0.15) is 5.75 Å². The zero-order valence-electron chi connectivity index (χ0n) is 8.08. The summed E-state index contributed by atoms with van der Waals surface area (Å²) in [5.41, 5.74) is 2.11. The topological polar surface area (TPSA) is 29.5 Å². The van der Waals surface area contributed by atoms with Gasteiger partial charge in [-0.2, -0.15) is 0 Å². The Hall–Kier alpha value is -1.02. The molecule has 1 aromatic carbocycles. The highest BCUT2D eigenvalue weighted by molar-refractivity contribution is 5.37. The van der Waals surface area contributed by atoms with Crippen LogP contribution in [0.4, 0.5) is 0 Å². The number of hydrogen-bond donors (Lipinski definition) is 1. The van der Waals surface area contributed by atoms with Gasteiger partial charge in [-0.3, -0.25) is 0 Å². The molecule has 0 spiro atoms. The van der Waals surface area contributed by atoms with Crippen molar-refractivity contribution >= 4 is 0 Å². The van der Waals surface area contributed by atoms with E-state index in [-0.39, 0.29) is 12.5 Å². The van der Waals surface area contributed by atoms with Crippen molar-refractivity contribution in [3.63, 3.8) is 0 Å². The molecular weight excluding hydrogens is 164 g/mol. The molecule has 0 saturated heterocycles. The van der Waals surface area contributed by atoms with E-state index in [1.807, 2.05) is 25.1 Å². The smallest absolute Gasteiger partial charge is 0.121 e. The quantitative estimate of drug-likeness (QED) is 0.768. The molecule has 1 aromatic rings. The van der Waals surface area contributed by atoms with Gasteiger partial charge in [0.05, 0.1) is 7.11 Å². The van der Waals surface area contributed by atoms with E-state index < -0.39 is 0 Å². The highest BCUT2D eigenvalue weighted by Gasteiger charge is 2.05. The third-order valence-electron chi connectivity index (χ3n) is 2.11. The molecule has 2 heteroatoms. The first-order valence-corrected chi connectivity index (χ1v) is 4.27. The minimum atomic E-state index is -0.0513. The third-order valence-corrected chi connectivity index (χ3v) is 2.11. The fourth-order valence-electron chi connectivity index (χ4n) is 1.26. The monoisotopic (exact) mass is 179 g/mol. The Morgan fingerprint density at radius 1 is 1.54 bits per heavy atom. The lowest BCUT2D eigenvalue weighted by atomic mass is 10.00. The summed E-state index contributed by atoms with van der Waals surface area (Å²) in [6.45, 7) is 5.89. The fraction of sp³-hybridized carbons (Fsp3) is 0.364. The van der Waals surface area contributed by atoms with Crippen molar-refractivity contribution in [2.75, 3.05) is 13.7 Å². The summed E-state index contributed by atoms with van der Waals surface area (Å²) < 4.78 is 5.13. The molecule has 13 heavy (non-hydrogen) atoms. The second kappa shape index (κ2) is 4.28. The van der Waals surface area contributed by atoms with Crippen LogP contribution >= 0.6 is 0 Å². The van der Waals surface area contributed by atoms with E-state index in [1.165, 1.54) is 0 Å². The summed E-state index contributed by atoms with van der Waals surface area (Å²) in [5, 5.41) is 8.91. The molecule has 71 valence electrons. The number of aliphatic hydroxyl groups excluding tert-OH is 1. The van der Waals surface area contributed by atoms with Gasteiger partial charge in [0.25, 0.3) is 0 Å². The summed E-state index contributed by atoms with van der Waals surface area (Å²) in [7, 11) is 1.65. The Kier molecular flexibility index (Phi) is 3.32. The molecule has 0 aliphatic rings. The number of ether oxygens (including phenoxy) is 1. The molecular formula is C11H15O2. The van der Waals surface area contributed by atoms with Crippen LogP contribution in [0.25, 0.3) is 0 Å². The van der Waals surface area contributed by atoms with Crippen molar-refractivity contribution in [1.29, 1.82) is 0 Å². The van der Waals surface area contributed by atoms with Crippen molar-refractivity contribution < 1.29 is 9.84 Å². The molecule has 0 bridgehead atoms. The number of rotatable bonds is 3. The van der Waals surface area contributed by atoms with Crippen LogP contribution in [0.5, 0.6) is 5.75 Å². The average Bonchev–Trinajstić information content (AvgIpc) is 2.16. The van der Waals surface area contributed by atoms with E-state index >= 15 is 0 Å². The molecule has 1 rings (SSSR count). The SMILES string of the molecule is [CH2]C(CO)c1ccc(OC)c(C)c1. The Morgan fingerprint density at radius 2 is 2.23 bits per heavy atom. The molecule has 0 aromatic heterocycles. The first kappa shape index (κ1) is 10.1. The Balaban J connectivity index is 2.95. The Labute approximate surface area is 79.2 Å². The highest BCUT2D eigenvalue weighted by atomic mass is 16.5. The first-order chi connectivity index (χ1) is 6.19. The molecule has 1 atom stereocenters. The molecule has 0 amide bonds. The van der Waals surface area contributed by atoms with Crippen LogP contribution < -0.4 is 4.74 Å². The van der Waals surface area contributed by atoms with E-state index in [1.54, 1.807) is 7.11 Å². The second-order valence-electron chi connectivity index (χ2n) is 3.11. The van der Waals surface area contributed by atoms with E-state index in [9.17, 15) is 0 Å². The van der Waals surface area contributed by atoms with E-state index in [0.29, 0.717) is 0 Å². The van der Waals surface area contributed by atoms with Crippen molar-refractivity contribution in [2.24, 2.45) is 0 Å². The highest BCUT2D eigenvalue weighted by Crippen LogP contribution is 2.22.